The van der Waals surface area contributed by atoms with Gasteiger partial charge in [0, 0.05) is 35.8 Å². The Morgan fingerprint density at radius 3 is 2.80 bits per heavy atom. The van der Waals surface area contributed by atoms with Crippen LogP contribution in [-0.2, 0) is 11.2 Å². The lowest BCUT2D eigenvalue weighted by molar-refractivity contribution is 0.0297. The summed E-state index contributed by atoms with van der Waals surface area (Å²) in [5.41, 5.74) is 4.21. The minimum atomic E-state index is -0.0383. The number of carbonyl (C=O) groups excluding carboxylic acids is 1. The smallest absolute Gasteiger partial charge is 0.272 e. The number of anilines is 2. The van der Waals surface area contributed by atoms with Crippen LogP contribution in [0.4, 0.5) is 11.5 Å². The molecule has 4 heterocycles. The second-order valence-corrected chi connectivity index (χ2v) is 7.69. The molecule has 0 spiro atoms. The Balaban J connectivity index is 0.00000218. The monoisotopic (exact) mass is 448 g/mol. The predicted octanol–water partition coefficient (Wildman–Crippen LogP) is 3.87. The number of aromatic nitrogens is 2. The van der Waals surface area contributed by atoms with Gasteiger partial charge >= 0.3 is 0 Å². The van der Waals surface area contributed by atoms with Crippen molar-refractivity contribution in [2.45, 2.75) is 13.3 Å². The topological polar surface area (TPSA) is 68.1 Å². The summed E-state index contributed by atoms with van der Waals surface area (Å²) >= 11 is 6.29. The van der Waals surface area contributed by atoms with Gasteiger partial charge in [0.2, 0.25) is 0 Å². The zero-order valence-corrected chi connectivity index (χ0v) is 18.1. The van der Waals surface area contributed by atoms with Crippen molar-refractivity contribution in [2.24, 2.45) is 0 Å². The van der Waals surface area contributed by atoms with Crippen LogP contribution in [0.25, 0.3) is 5.52 Å². The van der Waals surface area contributed by atoms with Crippen LogP contribution in [0, 0.1) is 6.92 Å². The van der Waals surface area contributed by atoms with E-state index < -0.39 is 0 Å². The third-order valence-electron chi connectivity index (χ3n) is 5.39. The lowest BCUT2D eigenvalue weighted by Gasteiger charge is -2.27. The molecule has 9 heteroatoms. The molecule has 1 N–H and O–H groups in total. The molecule has 0 saturated carbocycles. The maximum Gasteiger partial charge on any atom is 0.272 e. The summed E-state index contributed by atoms with van der Waals surface area (Å²) in [6.45, 7) is 4.93. The molecule has 5 rings (SSSR count). The van der Waals surface area contributed by atoms with Gasteiger partial charge in [-0.1, -0.05) is 11.6 Å². The Morgan fingerprint density at radius 2 is 2.00 bits per heavy atom. The van der Waals surface area contributed by atoms with Crippen LogP contribution in [0.5, 0.6) is 5.75 Å². The zero-order valence-electron chi connectivity index (χ0n) is 16.5. The summed E-state index contributed by atoms with van der Waals surface area (Å²) in [5, 5.41) is 4.01. The number of morpholine rings is 1. The van der Waals surface area contributed by atoms with Gasteiger partial charge in [0.15, 0.2) is 5.82 Å². The Bertz CT molecular complexity index is 1110. The van der Waals surface area contributed by atoms with E-state index in [0.717, 1.165) is 34.6 Å². The molecule has 2 aromatic heterocycles. The van der Waals surface area contributed by atoms with Crippen LogP contribution >= 0.6 is 24.0 Å². The van der Waals surface area contributed by atoms with Gasteiger partial charge in [0.25, 0.3) is 5.91 Å². The number of benzene rings is 1. The Kier molecular flexibility index (Phi) is 5.77. The van der Waals surface area contributed by atoms with Crippen molar-refractivity contribution in [3.05, 3.63) is 52.4 Å². The molecule has 0 atom stereocenters. The highest BCUT2D eigenvalue weighted by Crippen LogP contribution is 2.38. The minimum Gasteiger partial charge on any atom is -0.491 e. The van der Waals surface area contributed by atoms with E-state index >= 15 is 0 Å². The van der Waals surface area contributed by atoms with Gasteiger partial charge in [-0.25, -0.2) is 4.98 Å². The summed E-state index contributed by atoms with van der Waals surface area (Å²) in [6.07, 6.45) is 2.47. The van der Waals surface area contributed by atoms with E-state index in [4.69, 9.17) is 21.1 Å². The van der Waals surface area contributed by atoms with Gasteiger partial charge in [-0.05, 0) is 31.2 Å². The van der Waals surface area contributed by atoms with E-state index in [1.54, 1.807) is 6.20 Å². The fourth-order valence-corrected chi connectivity index (χ4v) is 4.20. The molecule has 3 aromatic rings. The summed E-state index contributed by atoms with van der Waals surface area (Å²) in [5.74, 6) is 1.42. The Hall–Kier alpha value is -2.48. The van der Waals surface area contributed by atoms with Crippen molar-refractivity contribution in [1.29, 1.82) is 0 Å². The molecule has 2 aliphatic heterocycles. The van der Waals surface area contributed by atoms with Crippen LogP contribution in [0.1, 0.15) is 21.7 Å². The number of fused-ring (bicyclic) bond motifs is 2. The van der Waals surface area contributed by atoms with Crippen molar-refractivity contribution in [3.63, 3.8) is 0 Å². The van der Waals surface area contributed by atoms with Gasteiger partial charge in [0.05, 0.1) is 37.2 Å². The van der Waals surface area contributed by atoms with Crippen LogP contribution in [0.3, 0.4) is 0 Å². The molecule has 158 valence electrons. The maximum atomic E-state index is 13.1. The van der Waals surface area contributed by atoms with E-state index in [1.165, 1.54) is 0 Å². The number of nitrogens with one attached hydrogen (secondary N) is 1. The zero-order chi connectivity index (χ0) is 20.0. The van der Waals surface area contributed by atoms with Gasteiger partial charge in [-0.2, -0.15) is 0 Å². The summed E-state index contributed by atoms with van der Waals surface area (Å²) in [7, 11) is 0. The molecule has 1 amide bonds. The molecular weight excluding hydrogens is 427 g/mol. The van der Waals surface area contributed by atoms with E-state index in [2.05, 4.69) is 10.3 Å². The second-order valence-electron chi connectivity index (χ2n) is 7.26. The van der Waals surface area contributed by atoms with E-state index in [-0.39, 0.29) is 18.3 Å². The third-order valence-corrected chi connectivity index (χ3v) is 5.61. The van der Waals surface area contributed by atoms with Gasteiger partial charge in [-0.15, -0.1) is 12.4 Å². The fraction of sp³-hybridized carbons (Fsp3) is 0.333. The van der Waals surface area contributed by atoms with E-state index in [1.807, 2.05) is 40.5 Å². The predicted molar refractivity (Wildman–Crippen MR) is 118 cm³/mol. The Morgan fingerprint density at radius 1 is 1.20 bits per heavy atom. The largest absolute Gasteiger partial charge is 0.491 e. The number of hydrogen-bond donors (Lipinski definition) is 1. The highest BCUT2D eigenvalue weighted by molar-refractivity contribution is 6.31. The number of carbonyl (C=O) groups is 1. The molecule has 0 radical (unpaired) electrons. The standard InChI is InChI=1S/C21H21ClN4O3.ClH/c1-13-2-3-17-20(24-16-11-15(22)10-14-4-7-29-19(14)16)23-12-18(26(13)17)21(27)25-5-8-28-9-6-25;/h2-3,10-12H,4-9H2,1H3,(H,23,24);1H. The molecular formula is C21H22Cl2N4O3. The molecule has 0 aliphatic carbocycles. The summed E-state index contributed by atoms with van der Waals surface area (Å²) in [4.78, 5) is 19.5. The SMILES string of the molecule is Cc1ccc2c(Nc3cc(Cl)cc4c3OCC4)ncc(C(=O)N3CCOCC3)n12.Cl. The van der Waals surface area contributed by atoms with E-state index in [9.17, 15) is 4.79 Å². The van der Waals surface area contributed by atoms with Crippen LogP contribution in [-0.4, -0.2) is 53.1 Å². The first-order valence-electron chi connectivity index (χ1n) is 9.68. The van der Waals surface area contributed by atoms with Crippen LogP contribution in [0.15, 0.2) is 30.5 Å². The number of ether oxygens (including phenoxy) is 2. The number of hydrogen-bond acceptors (Lipinski definition) is 5. The molecule has 7 nitrogen and oxygen atoms in total. The lowest BCUT2D eigenvalue weighted by Crippen LogP contribution is -2.41. The van der Waals surface area contributed by atoms with Crippen molar-refractivity contribution in [3.8, 4) is 5.75 Å². The average Bonchev–Trinajstić information content (AvgIpc) is 3.36. The van der Waals surface area contributed by atoms with Crippen molar-refractivity contribution < 1.29 is 14.3 Å². The first-order valence-corrected chi connectivity index (χ1v) is 10.1. The fourth-order valence-electron chi connectivity index (χ4n) is 3.96. The molecule has 0 bridgehead atoms. The van der Waals surface area contributed by atoms with Gasteiger partial charge < -0.3 is 24.1 Å². The normalized spacial score (nSPS) is 15.5. The highest BCUT2D eigenvalue weighted by Gasteiger charge is 2.24. The van der Waals surface area contributed by atoms with Gasteiger partial charge in [-0.3, -0.25) is 4.79 Å². The summed E-state index contributed by atoms with van der Waals surface area (Å²) < 4.78 is 13.1. The molecule has 1 saturated heterocycles. The lowest BCUT2D eigenvalue weighted by atomic mass is 10.1. The molecule has 1 fully saturated rings. The summed E-state index contributed by atoms with van der Waals surface area (Å²) in [6, 6.07) is 7.72. The second kappa shape index (κ2) is 8.34. The molecule has 1 aromatic carbocycles. The average molecular weight is 449 g/mol. The van der Waals surface area contributed by atoms with Gasteiger partial charge in [0.1, 0.15) is 11.4 Å². The van der Waals surface area contributed by atoms with E-state index in [0.29, 0.717) is 49.4 Å². The first-order chi connectivity index (χ1) is 14.1. The van der Waals surface area contributed by atoms with Crippen LogP contribution < -0.4 is 10.1 Å². The Labute approximate surface area is 185 Å². The molecule has 2 aliphatic rings. The van der Waals surface area contributed by atoms with Crippen molar-refractivity contribution in [1.82, 2.24) is 14.3 Å². The maximum absolute atomic E-state index is 13.1. The number of amides is 1. The van der Waals surface area contributed by atoms with Crippen molar-refractivity contribution in [2.75, 3.05) is 38.2 Å². The number of aryl methyl sites for hydroxylation is 1. The first kappa shape index (κ1) is 20.8. The molecule has 0 unspecified atom stereocenters. The number of rotatable bonds is 3. The highest BCUT2D eigenvalue weighted by atomic mass is 35.5. The number of halogens is 2. The van der Waals surface area contributed by atoms with Crippen molar-refractivity contribution >= 4 is 46.9 Å². The molecule has 30 heavy (non-hydrogen) atoms. The third kappa shape index (κ3) is 3.57. The number of nitrogens with zero attached hydrogens (tertiary/aromatic N) is 3. The minimum absolute atomic E-state index is 0. The van der Waals surface area contributed by atoms with Crippen LogP contribution in [0.2, 0.25) is 5.02 Å². The quantitative estimate of drug-likeness (QED) is 0.658.